The Morgan fingerprint density at radius 1 is 1.00 bits per heavy atom. The molecular formula is C18H22O2. The van der Waals surface area contributed by atoms with Crippen LogP contribution >= 0.6 is 0 Å². The molecule has 2 rings (SSSR count). The van der Waals surface area contributed by atoms with Crippen molar-refractivity contribution in [2.45, 2.75) is 33.3 Å². The third-order valence-electron chi connectivity index (χ3n) is 3.49. The van der Waals surface area contributed by atoms with E-state index in [0.717, 1.165) is 23.3 Å². The molecule has 20 heavy (non-hydrogen) atoms. The number of benzene rings is 2. The molecule has 2 nitrogen and oxygen atoms in total. The van der Waals surface area contributed by atoms with Gasteiger partial charge in [-0.25, -0.2) is 0 Å². The average molecular weight is 270 g/mol. The van der Waals surface area contributed by atoms with E-state index in [-0.39, 0.29) is 0 Å². The van der Waals surface area contributed by atoms with Crippen LogP contribution in [0.4, 0.5) is 0 Å². The maximum atomic E-state index is 10.5. The lowest BCUT2D eigenvalue weighted by molar-refractivity contribution is 0.219. The van der Waals surface area contributed by atoms with Crippen molar-refractivity contribution in [3.63, 3.8) is 0 Å². The molecule has 0 aliphatic carbocycles. The number of rotatable bonds is 5. The Bertz CT molecular complexity index is 575. The summed E-state index contributed by atoms with van der Waals surface area (Å²) >= 11 is 0. The Hall–Kier alpha value is -1.80. The largest absolute Gasteiger partial charge is 0.494 e. The van der Waals surface area contributed by atoms with Crippen LogP contribution in [0.3, 0.4) is 0 Å². The second kappa shape index (κ2) is 6.58. The van der Waals surface area contributed by atoms with Gasteiger partial charge < -0.3 is 9.84 Å². The summed E-state index contributed by atoms with van der Waals surface area (Å²) in [5.41, 5.74) is 4.21. The number of aliphatic hydroxyl groups excluding tert-OH is 1. The normalized spacial score (nSPS) is 12.2. The van der Waals surface area contributed by atoms with Crippen LogP contribution in [0, 0.1) is 13.8 Å². The quantitative estimate of drug-likeness (QED) is 0.883. The van der Waals surface area contributed by atoms with E-state index < -0.39 is 6.10 Å². The number of aryl methyl sites for hydroxylation is 2. The molecule has 1 unspecified atom stereocenters. The van der Waals surface area contributed by atoms with Gasteiger partial charge in [-0.05, 0) is 54.7 Å². The maximum absolute atomic E-state index is 10.5. The number of hydrogen-bond donors (Lipinski definition) is 1. The third-order valence-corrected chi connectivity index (χ3v) is 3.49. The van der Waals surface area contributed by atoms with Crippen LogP contribution in [0.25, 0.3) is 0 Å². The lowest BCUT2D eigenvalue weighted by Crippen LogP contribution is -2.02. The van der Waals surface area contributed by atoms with Crippen molar-refractivity contribution < 1.29 is 9.84 Å². The monoisotopic (exact) mass is 270 g/mol. The van der Waals surface area contributed by atoms with Gasteiger partial charge in [0.25, 0.3) is 0 Å². The highest BCUT2D eigenvalue weighted by Crippen LogP contribution is 2.26. The summed E-state index contributed by atoms with van der Waals surface area (Å²) in [5, 5.41) is 10.5. The highest BCUT2D eigenvalue weighted by atomic mass is 16.5. The van der Waals surface area contributed by atoms with Crippen molar-refractivity contribution in [1.82, 2.24) is 0 Å². The predicted molar refractivity (Wildman–Crippen MR) is 82.2 cm³/mol. The molecule has 1 N–H and O–H groups in total. The van der Waals surface area contributed by atoms with E-state index in [9.17, 15) is 5.11 Å². The van der Waals surface area contributed by atoms with Crippen LogP contribution in [-0.2, 0) is 0 Å². The second-order valence-electron chi connectivity index (χ2n) is 5.17. The maximum Gasteiger partial charge on any atom is 0.119 e. The first kappa shape index (κ1) is 14.6. The molecule has 0 saturated carbocycles. The minimum absolute atomic E-state index is 0.612. The zero-order chi connectivity index (χ0) is 14.5. The Labute approximate surface area is 121 Å². The SMILES string of the molecule is CCCOc1cccc(C(O)c2ccc(C)c(C)c2)c1. The molecule has 2 aromatic rings. The Balaban J connectivity index is 2.23. The Morgan fingerprint density at radius 2 is 1.75 bits per heavy atom. The fourth-order valence-corrected chi connectivity index (χ4v) is 2.12. The summed E-state index contributed by atoms with van der Waals surface area (Å²) in [6, 6.07) is 13.8. The lowest BCUT2D eigenvalue weighted by Gasteiger charge is -2.14. The van der Waals surface area contributed by atoms with Crippen molar-refractivity contribution in [3.8, 4) is 5.75 Å². The van der Waals surface area contributed by atoms with Gasteiger partial charge in [0.2, 0.25) is 0 Å². The molecule has 106 valence electrons. The van der Waals surface area contributed by atoms with Crippen molar-refractivity contribution in [1.29, 1.82) is 0 Å². The minimum atomic E-state index is -0.612. The first-order valence-electron chi connectivity index (χ1n) is 7.09. The van der Waals surface area contributed by atoms with Gasteiger partial charge in [0.15, 0.2) is 0 Å². The van der Waals surface area contributed by atoms with E-state index in [4.69, 9.17) is 4.74 Å². The van der Waals surface area contributed by atoms with Gasteiger partial charge in [0.1, 0.15) is 11.9 Å². The van der Waals surface area contributed by atoms with Gasteiger partial charge in [-0.3, -0.25) is 0 Å². The number of hydrogen-bond acceptors (Lipinski definition) is 2. The van der Waals surface area contributed by atoms with E-state index in [1.54, 1.807) is 0 Å². The smallest absolute Gasteiger partial charge is 0.119 e. The van der Waals surface area contributed by atoms with Crippen molar-refractivity contribution >= 4 is 0 Å². The molecule has 0 saturated heterocycles. The molecule has 1 atom stereocenters. The van der Waals surface area contributed by atoms with Gasteiger partial charge in [-0.15, -0.1) is 0 Å². The summed E-state index contributed by atoms with van der Waals surface area (Å²) in [5.74, 6) is 0.812. The van der Waals surface area contributed by atoms with Crippen LogP contribution < -0.4 is 4.74 Å². The first-order chi connectivity index (χ1) is 9.61. The molecule has 0 aliphatic rings. The zero-order valence-electron chi connectivity index (χ0n) is 12.4. The molecule has 0 amide bonds. The van der Waals surface area contributed by atoms with E-state index in [1.165, 1.54) is 11.1 Å². The van der Waals surface area contributed by atoms with E-state index >= 15 is 0 Å². The predicted octanol–water partition coefficient (Wildman–Crippen LogP) is 4.17. The highest BCUT2D eigenvalue weighted by Gasteiger charge is 2.11. The molecule has 0 radical (unpaired) electrons. The summed E-state index contributed by atoms with van der Waals surface area (Å²) in [6.07, 6.45) is 0.365. The van der Waals surface area contributed by atoms with Crippen LogP contribution in [-0.4, -0.2) is 11.7 Å². The fourth-order valence-electron chi connectivity index (χ4n) is 2.12. The van der Waals surface area contributed by atoms with E-state index in [2.05, 4.69) is 20.8 Å². The molecule has 0 fully saturated rings. The van der Waals surface area contributed by atoms with Crippen LogP contribution in [0.15, 0.2) is 42.5 Å². The zero-order valence-corrected chi connectivity index (χ0v) is 12.4. The van der Waals surface area contributed by atoms with Gasteiger partial charge in [0.05, 0.1) is 6.61 Å². The first-order valence-corrected chi connectivity index (χ1v) is 7.09. The average Bonchev–Trinajstić information content (AvgIpc) is 2.47. The Kier molecular flexibility index (Phi) is 4.80. The molecule has 0 spiro atoms. The van der Waals surface area contributed by atoms with E-state index in [1.807, 2.05) is 42.5 Å². The number of aliphatic hydroxyl groups is 1. The van der Waals surface area contributed by atoms with Gasteiger partial charge >= 0.3 is 0 Å². The summed E-state index contributed by atoms with van der Waals surface area (Å²) < 4.78 is 5.61. The van der Waals surface area contributed by atoms with Gasteiger partial charge in [-0.1, -0.05) is 37.3 Å². The van der Waals surface area contributed by atoms with Gasteiger partial charge in [0, 0.05) is 0 Å². The third kappa shape index (κ3) is 3.40. The second-order valence-corrected chi connectivity index (χ2v) is 5.17. The van der Waals surface area contributed by atoms with Gasteiger partial charge in [-0.2, -0.15) is 0 Å². The molecule has 2 aromatic carbocycles. The van der Waals surface area contributed by atoms with Crippen LogP contribution in [0.1, 0.15) is 41.7 Å². The van der Waals surface area contributed by atoms with Crippen LogP contribution in [0.2, 0.25) is 0 Å². The fraction of sp³-hybridized carbons (Fsp3) is 0.333. The summed E-state index contributed by atoms with van der Waals surface area (Å²) in [4.78, 5) is 0. The molecule has 0 aliphatic heterocycles. The molecule has 0 aromatic heterocycles. The van der Waals surface area contributed by atoms with Crippen molar-refractivity contribution in [2.75, 3.05) is 6.61 Å². The van der Waals surface area contributed by atoms with E-state index in [0.29, 0.717) is 6.61 Å². The van der Waals surface area contributed by atoms with Crippen molar-refractivity contribution in [2.24, 2.45) is 0 Å². The van der Waals surface area contributed by atoms with Crippen molar-refractivity contribution in [3.05, 3.63) is 64.7 Å². The molecule has 2 heteroatoms. The standard InChI is InChI=1S/C18H22O2/c1-4-10-20-17-7-5-6-15(12-17)18(19)16-9-8-13(2)14(3)11-16/h5-9,11-12,18-19H,4,10H2,1-3H3. The summed E-state index contributed by atoms with van der Waals surface area (Å²) in [7, 11) is 0. The molecular weight excluding hydrogens is 248 g/mol. The molecule has 0 bridgehead atoms. The summed E-state index contributed by atoms with van der Waals surface area (Å²) in [6.45, 7) is 6.91. The Morgan fingerprint density at radius 3 is 2.45 bits per heavy atom. The molecule has 0 heterocycles. The number of ether oxygens (including phenoxy) is 1. The highest BCUT2D eigenvalue weighted by molar-refractivity contribution is 5.38. The lowest BCUT2D eigenvalue weighted by atomic mass is 9.98. The van der Waals surface area contributed by atoms with Crippen LogP contribution in [0.5, 0.6) is 5.75 Å². The minimum Gasteiger partial charge on any atom is -0.494 e. The topological polar surface area (TPSA) is 29.5 Å².